The summed E-state index contributed by atoms with van der Waals surface area (Å²) in [4.78, 5) is 9.00. The van der Waals surface area contributed by atoms with Crippen molar-refractivity contribution < 1.29 is 0 Å². The summed E-state index contributed by atoms with van der Waals surface area (Å²) in [7, 11) is 3.73. The van der Waals surface area contributed by atoms with Gasteiger partial charge in [0.25, 0.3) is 0 Å². The predicted octanol–water partition coefficient (Wildman–Crippen LogP) is 2.03. The van der Waals surface area contributed by atoms with Gasteiger partial charge in [-0.05, 0) is 31.7 Å². The molecule has 0 aromatic carbocycles. The van der Waals surface area contributed by atoms with Gasteiger partial charge in [-0.25, -0.2) is 9.67 Å². The fourth-order valence-electron chi connectivity index (χ4n) is 2.84. The zero-order valence-electron chi connectivity index (χ0n) is 15.1. The Bertz CT molecular complexity index is 1020. The van der Waals surface area contributed by atoms with Crippen LogP contribution in [0.5, 0.6) is 0 Å². The minimum absolute atomic E-state index is 0.184. The number of fused-ring (bicyclic) bond motifs is 1. The third-order valence-electron chi connectivity index (χ3n) is 4.21. The van der Waals surface area contributed by atoms with Crippen LogP contribution in [0.4, 0.5) is 17.5 Å². The number of rotatable bonds is 4. The van der Waals surface area contributed by atoms with Crippen molar-refractivity contribution in [1.29, 1.82) is 0 Å². The molecule has 0 bridgehead atoms. The van der Waals surface area contributed by atoms with Crippen LogP contribution in [-0.2, 0) is 14.1 Å². The van der Waals surface area contributed by atoms with Gasteiger partial charge in [-0.3, -0.25) is 4.68 Å². The summed E-state index contributed by atoms with van der Waals surface area (Å²) < 4.78 is 3.47. The quantitative estimate of drug-likeness (QED) is 0.661. The molecule has 3 aromatic heterocycles. The standard InChI is InChI=1S/C17H21N9/c1-10-5-14(11(2)18-6-10)22-15-13-8-19-17(23-16(13)26(4)24-15)21-12-7-20-25(3)9-12/h5-9,11,18H,1-4H3,(H,22,24)(H,19,21,23). The maximum absolute atomic E-state index is 4.58. The van der Waals surface area contributed by atoms with Gasteiger partial charge in [-0.1, -0.05) is 0 Å². The van der Waals surface area contributed by atoms with Gasteiger partial charge in [0.05, 0.1) is 23.3 Å². The molecule has 0 saturated heterocycles. The van der Waals surface area contributed by atoms with E-state index in [1.165, 1.54) is 0 Å². The second-order valence-corrected chi connectivity index (χ2v) is 6.43. The largest absolute Gasteiger partial charge is 0.383 e. The van der Waals surface area contributed by atoms with E-state index in [0.717, 1.165) is 33.8 Å². The summed E-state index contributed by atoms with van der Waals surface area (Å²) in [6.45, 7) is 4.15. The molecular formula is C17H21N9. The first-order valence-corrected chi connectivity index (χ1v) is 8.36. The van der Waals surface area contributed by atoms with Crippen LogP contribution >= 0.6 is 0 Å². The highest BCUT2D eigenvalue weighted by Gasteiger charge is 2.17. The molecule has 0 saturated carbocycles. The van der Waals surface area contributed by atoms with Crippen molar-refractivity contribution in [3.05, 3.63) is 42.1 Å². The van der Waals surface area contributed by atoms with E-state index in [0.29, 0.717) is 5.95 Å². The number of aromatic nitrogens is 6. The molecule has 3 N–H and O–H groups in total. The molecule has 1 aliphatic rings. The molecule has 4 rings (SSSR count). The van der Waals surface area contributed by atoms with E-state index < -0.39 is 0 Å². The van der Waals surface area contributed by atoms with Crippen molar-refractivity contribution in [3.63, 3.8) is 0 Å². The molecule has 0 spiro atoms. The Hall–Kier alpha value is -3.36. The van der Waals surface area contributed by atoms with Crippen molar-refractivity contribution in [1.82, 2.24) is 34.8 Å². The van der Waals surface area contributed by atoms with Crippen LogP contribution in [0.1, 0.15) is 13.8 Å². The zero-order valence-corrected chi connectivity index (χ0v) is 15.1. The average molecular weight is 351 g/mol. The van der Waals surface area contributed by atoms with E-state index in [4.69, 9.17) is 0 Å². The van der Waals surface area contributed by atoms with E-state index in [9.17, 15) is 0 Å². The molecule has 1 aliphatic heterocycles. The number of dihydropyridines is 1. The third-order valence-corrected chi connectivity index (χ3v) is 4.21. The summed E-state index contributed by atoms with van der Waals surface area (Å²) in [6, 6.07) is 0.184. The number of allylic oxidation sites excluding steroid dienone is 2. The maximum Gasteiger partial charge on any atom is 0.229 e. The lowest BCUT2D eigenvalue weighted by Gasteiger charge is -2.21. The Labute approximate surface area is 150 Å². The minimum Gasteiger partial charge on any atom is -0.383 e. The van der Waals surface area contributed by atoms with Crippen LogP contribution in [-0.4, -0.2) is 35.6 Å². The van der Waals surface area contributed by atoms with Crippen molar-refractivity contribution in [3.8, 4) is 0 Å². The first kappa shape index (κ1) is 16.1. The summed E-state index contributed by atoms with van der Waals surface area (Å²) in [5.41, 5.74) is 3.80. The van der Waals surface area contributed by atoms with Crippen LogP contribution < -0.4 is 16.0 Å². The number of nitrogens with one attached hydrogen (secondary N) is 3. The second-order valence-electron chi connectivity index (χ2n) is 6.43. The monoisotopic (exact) mass is 351 g/mol. The van der Waals surface area contributed by atoms with Gasteiger partial charge in [0.2, 0.25) is 5.95 Å². The first-order valence-electron chi connectivity index (χ1n) is 8.36. The Morgan fingerprint density at radius 1 is 1.19 bits per heavy atom. The Morgan fingerprint density at radius 2 is 2.04 bits per heavy atom. The van der Waals surface area contributed by atoms with Crippen LogP contribution in [0.3, 0.4) is 0 Å². The molecule has 0 fully saturated rings. The molecule has 0 amide bonds. The lowest BCUT2D eigenvalue weighted by Crippen LogP contribution is -2.29. The number of aryl methyl sites for hydroxylation is 2. The van der Waals surface area contributed by atoms with Gasteiger partial charge in [0, 0.05) is 32.2 Å². The lowest BCUT2D eigenvalue weighted by atomic mass is 10.1. The smallest absolute Gasteiger partial charge is 0.229 e. The Kier molecular flexibility index (Phi) is 3.83. The first-order chi connectivity index (χ1) is 12.5. The number of hydrogen-bond donors (Lipinski definition) is 3. The van der Waals surface area contributed by atoms with Crippen LogP contribution in [0, 0.1) is 0 Å². The maximum atomic E-state index is 4.58. The summed E-state index contributed by atoms with van der Waals surface area (Å²) in [6.07, 6.45) is 9.49. The topological polar surface area (TPSA) is 97.5 Å². The zero-order chi connectivity index (χ0) is 18.3. The fraction of sp³-hybridized carbons (Fsp3) is 0.294. The Balaban J connectivity index is 1.64. The SMILES string of the molecule is CC1=CNC(C)C(Nc2nn(C)c3nc(Nc4cnn(C)c4)ncc23)=C1. The molecule has 4 heterocycles. The number of hydrogen-bond acceptors (Lipinski definition) is 7. The molecule has 1 atom stereocenters. The highest BCUT2D eigenvalue weighted by Crippen LogP contribution is 2.25. The highest BCUT2D eigenvalue weighted by molar-refractivity contribution is 5.88. The minimum atomic E-state index is 0.184. The van der Waals surface area contributed by atoms with E-state index in [2.05, 4.69) is 56.0 Å². The highest BCUT2D eigenvalue weighted by atomic mass is 15.3. The van der Waals surface area contributed by atoms with Gasteiger partial charge in [-0.15, -0.1) is 0 Å². The van der Waals surface area contributed by atoms with E-state index in [-0.39, 0.29) is 6.04 Å². The average Bonchev–Trinajstić information content (AvgIpc) is 3.15. The molecule has 9 heteroatoms. The van der Waals surface area contributed by atoms with Crippen molar-refractivity contribution >= 4 is 28.5 Å². The molecule has 0 aliphatic carbocycles. The molecule has 3 aromatic rings. The second kappa shape index (κ2) is 6.17. The van der Waals surface area contributed by atoms with E-state index in [1.54, 1.807) is 21.8 Å². The third kappa shape index (κ3) is 2.99. The van der Waals surface area contributed by atoms with Gasteiger partial charge in [0.1, 0.15) is 0 Å². The summed E-state index contributed by atoms with van der Waals surface area (Å²) in [5.74, 6) is 1.25. The molecular weight excluding hydrogens is 330 g/mol. The molecule has 1 unspecified atom stereocenters. The normalized spacial score (nSPS) is 16.8. The lowest BCUT2D eigenvalue weighted by molar-refractivity contribution is 0.711. The molecule has 26 heavy (non-hydrogen) atoms. The van der Waals surface area contributed by atoms with Gasteiger partial charge >= 0.3 is 0 Å². The van der Waals surface area contributed by atoms with Crippen LogP contribution in [0.2, 0.25) is 0 Å². The molecule has 9 nitrogen and oxygen atoms in total. The van der Waals surface area contributed by atoms with Crippen molar-refractivity contribution in [2.45, 2.75) is 19.9 Å². The molecule has 134 valence electrons. The van der Waals surface area contributed by atoms with Crippen molar-refractivity contribution in [2.75, 3.05) is 10.6 Å². The predicted molar refractivity (Wildman–Crippen MR) is 101 cm³/mol. The summed E-state index contributed by atoms with van der Waals surface area (Å²) >= 11 is 0. The van der Waals surface area contributed by atoms with Gasteiger partial charge in [0.15, 0.2) is 11.5 Å². The van der Waals surface area contributed by atoms with Crippen molar-refractivity contribution in [2.24, 2.45) is 14.1 Å². The van der Waals surface area contributed by atoms with Gasteiger partial charge < -0.3 is 16.0 Å². The van der Waals surface area contributed by atoms with E-state index in [1.807, 2.05) is 26.5 Å². The van der Waals surface area contributed by atoms with Gasteiger partial charge in [-0.2, -0.15) is 15.2 Å². The molecule has 0 radical (unpaired) electrons. The fourth-order valence-corrected chi connectivity index (χ4v) is 2.84. The summed E-state index contributed by atoms with van der Waals surface area (Å²) in [5, 5.41) is 19.4. The van der Waals surface area contributed by atoms with Crippen LogP contribution in [0.15, 0.2) is 42.1 Å². The number of nitrogens with zero attached hydrogens (tertiary/aromatic N) is 6. The Morgan fingerprint density at radius 3 is 2.81 bits per heavy atom. The number of anilines is 3. The van der Waals surface area contributed by atoms with E-state index >= 15 is 0 Å². The van der Waals surface area contributed by atoms with Crippen LogP contribution in [0.25, 0.3) is 11.0 Å².